The Kier molecular flexibility index (Phi) is 6.94. The van der Waals surface area contributed by atoms with Crippen molar-refractivity contribution in [2.24, 2.45) is 0 Å². The SMILES string of the molecule is CNS(=O)(=O)c1cc(C(=O)OCC(=O)N(C)Cc2ccsc2)ccc1OC. The van der Waals surface area contributed by atoms with Crippen LogP contribution >= 0.6 is 11.3 Å². The minimum atomic E-state index is -3.83. The maximum atomic E-state index is 12.2. The Morgan fingerprint density at radius 2 is 2.00 bits per heavy atom. The Bertz CT molecular complexity index is 910. The predicted molar refractivity (Wildman–Crippen MR) is 100 cm³/mol. The highest BCUT2D eigenvalue weighted by Crippen LogP contribution is 2.25. The van der Waals surface area contributed by atoms with Crippen LogP contribution in [0.1, 0.15) is 15.9 Å². The summed E-state index contributed by atoms with van der Waals surface area (Å²) in [4.78, 5) is 25.6. The number of methoxy groups -OCH3 is 1. The third-order valence-corrected chi connectivity index (χ3v) is 5.88. The summed E-state index contributed by atoms with van der Waals surface area (Å²) in [6, 6.07) is 5.77. The molecule has 1 heterocycles. The maximum absolute atomic E-state index is 12.2. The molecule has 146 valence electrons. The van der Waals surface area contributed by atoms with Crippen LogP contribution in [-0.2, 0) is 26.1 Å². The summed E-state index contributed by atoms with van der Waals surface area (Å²) in [5.74, 6) is -1.08. The summed E-state index contributed by atoms with van der Waals surface area (Å²) in [6.07, 6.45) is 0. The summed E-state index contributed by atoms with van der Waals surface area (Å²) in [7, 11) is 0.357. The molecule has 8 nitrogen and oxygen atoms in total. The number of nitrogens with zero attached hydrogens (tertiary/aromatic N) is 1. The second-order valence-electron chi connectivity index (χ2n) is 5.53. The number of amides is 1. The van der Waals surface area contributed by atoms with Gasteiger partial charge in [-0.05, 0) is 47.6 Å². The topological polar surface area (TPSA) is 102 Å². The van der Waals surface area contributed by atoms with Gasteiger partial charge in [0.1, 0.15) is 10.6 Å². The number of rotatable bonds is 8. The molecule has 1 aromatic heterocycles. The lowest BCUT2D eigenvalue weighted by Gasteiger charge is -2.16. The van der Waals surface area contributed by atoms with Crippen LogP contribution in [0, 0.1) is 0 Å². The lowest BCUT2D eigenvalue weighted by atomic mass is 10.2. The van der Waals surface area contributed by atoms with E-state index in [1.165, 1.54) is 42.5 Å². The normalized spacial score (nSPS) is 11.1. The van der Waals surface area contributed by atoms with Gasteiger partial charge in [-0.1, -0.05) is 0 Å². The van der Waals surface area contributed by atoms with Crippen LogP contribution in [-0.4, -0.2) is 53.0 Å². The number of hydrogen-bond acceptors (Lipinski definition) is 7. The molecule has 0 spiro atoms. The van der Waals surface area contributed by atoms with Gasteiger partial charge < -0.3 is 14.4 Å². The van der Waals surface area contributed by atoms with Gasteiger partial charge in [0, 0.05) is 13.6 Å². The Balaban J connectivity index is 2.05. The first kappa shape index (κ1) is 20.9. The molecule has 1 aromatic carbocycles. The van der Waals surface area contributed by atoms with Gasteiger partial charge in [0.2, 0.25) is 10.0 Å². The van der Waals surface area contributed by atoms with E-state index < -0.39 is 22.6 Å². The number of hydrogen-bond donors (Lipinski definition) is 1. The second-order valence-corrected chi connectivity index (χ2v) is 8.17. The quantitative estimate of drug-likeness (QED) is 0.659. The second kappa shape index (κ2) is 8.98. The van der Waals surface area contributed by atoms with Gasteiger partial charge in [-0.25, -0.2) is 17.9 Å². The Morgan fingerprint density at radius 3 is 2.59 bits per heavy atom. The summed E-state index contributed by atoms with van der Waals surface area (Å²) in [5, 5.41) is 3.84. The molecular formula is C17H20N2O6S2. The monoisotopic (exact) mass is 412 g/mol. The van der Waals surface area contributed by atoms with Crippen molar-refractivity contribution in [3.63, 3.8) is 0 Å². The van der Waals surface area contributed by atoms with Gasteiger partial charge >= 0.3 is 5.97 Å². The highest BCUT2D eigenvalue weighted by atomic mass is 32.2. The van der Waals surface area contributed by atoms with Gasteiger partial charge in [-0.15, -0.1) is 0 Å². The average Bonchev–Trinajstić information content (AvgIpc) is 3.18. The van der Waals surface area contributed by atoms with Gasteiger partial charge in [-0.2, -0.15) is 11.3 Å². The van der Waals surface area contributed by atoms with Crippen molar-refractivity contribution in [3.8, 4) is 5.75 Å². The number of likely N-dealkylation sites (N-methyl/N-ethyl adjacent to an activating group) is 1. The van der Waals surface area contributed by atoms with E-state index >= 15 is 0 Å². The molecular weight excluding hydrogens is 392 g/mol. The number of esters is 1. The van der Waals surface area contributed by atoms with Crippen LogP contribution < -0.4 is 9.46 Å². The lowest BCUT2D eigenvalue weighted by Crippen LogP contribution is -2.30. The molecule has 1 N–H and O–H groups in total. The molecule has 0 atom stereocenters. The number of carbonyl (C=O) groups is 2. The minimum absolute atomic E-state index is 0.00193. The summed E-state index contributed by atoms with van der Waals surface area (Å²) in [5.41, 5.74) is 0.983. The zero-order valence-corrected chi connectivity index (χ0v) is 16.7. The fourth-order valence-corrected chi connectivity index (χ4v) is 3.77. The molecule has 10 heteroatoms. The molecule has 0 aliphatic heterocycles. The molecule has 27 heavy (non-hydrogen) atoms. The molecule has 0 saturated carbocycles. The van der Waals surface area contributed by atoms with Crippen LogP contribution in [0.3, 0.4) is 0 Å². The molecule has 0 radical (unpaired) electrons. The number of sulfonamides is 1. The van der Waals surface area contributed by atoms with Gasteiger partial charge in [0.05, 0.1) is 12.7 Å². The third kappa shape index (κ3) is 5.28. The number of carbonyl (C=O) groups excluding carboxylic acids is 2. The molecule has 1 amide bonds. The van der Waals surface area contributed by atoms with Crippen LogP contribution in [0.5, 0.6) is 5.75 Å². The highest BCUT2D eigenvalue weighted by Gasteiger charge is 2.21. The molecule has 2 rings (SSSR count). The van der Waals surface area contributed by atoms with E-state index in [9.17, 15) is 18.0 Å². The predicted octanol–water partition coefficient (Wildman–Crippen LogP) is 1.48. The van der Waals surface area contributed by atoms with E-state index in [1.807, 2.05) is 16.8 Å². The Labute approximate surface area is 161 Å². The van der Waals surface area contributed by atoms with Crippen molar-refractivity contribution < 1.29 is 27.5 Å². The molecule has 0 unspecified atom stereocenters. The number of ether oxygens (including phenoxy) is 2. The van der Waals surface area contributed by atoms with E-state index in [2.05, 4.69) is 4.72 Å². The Hall–Kier alpha value is -2.43. The molecule has 0 bridgehead atoms. The summed E-state index contributed by atoms with van der Waals surface area (Å²) >= 11 is 1.53. The summed E-state index contributed by atoms with van der Waals surface area (Å²) < 4.78 is 36.3. The number of thiophene rings is 1. The number of benzene rings is 1. The van der Waals surface area contributed by atoms with Gasteiger partial charge in [0.15, 0.2) is 6.61 Å². The van der Waals surface area contributed by atoms with Gasteiger partial charge in [0.25, 0.3) is 5.91 Å². The smallest absolute Gasteiger partial charge is 0.338 e. The van der Waals surface area contributed by atoms with Crippen LogP contribution in [0.4, 0.5) is 0 Å². The molecule has 2 aromatic rings. The van der Waals surface area contributed by atoms with Crippen LogP contribution in [0.25, 0.3) is 0 Å². The van der Waals surface area contributed by atoms with Crippen LogP contribution in [0.15, 0.2) is 39.9 Å². The molecule has 0 aliphatic rings. The van der Waals surface area contributed by atoms with Crippen molar-refractivity contribution in [2.45, 2.75) is 11.4 Å². The lowest BCUT2D eigenvalue weighted by molar-refractivity contribution is -0.133. The zero-order chi connectivity index (χ0) is 20.0. The van der Waals surface area contributed by atoms with Crippen molar-refractivity contribution in [2.75, 3.05) is 27.8 Å². The highest BCUT2D eigenvalue weighted by molar-refractivity contribution is 7.89. The minimum Gasteiger partial charge on any atom is -0.495 e. The molecule has 0 saturated heterocycles. The van der Waals surface area contributed by atoms with E-state index in [-0.39, 0.29) is 22.1 Å². The molecule has 0 aliphatic carbocycles. The summed E-state index contributed by atoms with van der Waals surface area (Å²) in [6.45, 7) is -0.0351. The zero-order valence-electron chi connectivity index (χ0n) is 15.1. The number of nitrogens with one attached hydrogen (secondary N) is 1. The fourth-order valence-electron chi connectivity index (χ4n) is 2.19. The van der Waals surface area contributed by atoms with Crippen LogP contribution in [0.2, 0.25) is 0 Å². The van der Waals surface area contributed by atoms with Gasteiger partial charge in [-0.3, -0.25) is 4.79 Å². The van der Waals surface area contributed by atoms with E-state index in [0.29, 0.717) is 6.54 Å². The average molecular weight is 412 g/mol. The largest absolute Gasteiger partial charge is 0.495 e. The van der Waals surface area contributed by atoms with Crippen molar-refractivity contribution in [1.29, 1.82) is 0 Å². The standard InChI is InChI=1S/C17H20N2O6S2/c1-18-27(22,23)15-8-13(4-5-14(15)24-3)17(21)25-10-16(20)19(2)9-12-6-7-26-11-12/h4-8,11,18H,9-10H2,1-3H3. The van der Waals surface area contributed by atoms with E-state index in [1.54, 1.807) is 7.05 Å². The molecule has 0 fully saturated rings. The Morgan fingerprint density at radius 1 is 1.26 bits per heavy atom. The van der Waals surface area contributed by atoms with E-state index in [4.69, 9.17) is 9.47 Å². The maximum Gasteiger partial charge on any atom is 0.338 e. The van der Waals surface area contributed by atoms with E-state index in [0.717, 1.165) is 11.6 Å². The third-order valence-electron chi connectivity index (χ3n) is 3.71. The first-order valence-corrected chi connectivity index (χ1v) is 10.2. The first-order chi connectivity index (χ1) is 12.8. The van der Waals surface area contributed by atoms with Crippen molar-refractivity contribution in [3.05, 3.63) is 46.2 Å². The van der Waals surface area contributed by atoms with Crippen molar-refractivity contribution in [1.82, 2.24) is 9.62 Å². The van der Waals surface area contributed by atoms with Crippen molar-refractivity contribution >= 4 is 33.2 Å². The fraction of sp³-hybridized carbons (Fsp3) is 0.294. The first-order valence-electron chi connectivity index (χ1n) is 7.82.